The van der Waals surface area contributed by atoms with E-state index < -0.39 is 0 Å². The molecule has 4 nitrogen and oxygen atoms in total. The van der Waals surface area contributed by atoms with E-state index >= 15 is 0 Å². The zero-order valence-electron chi connectivity index (χ0n) is 10.4. The van der Waals surface area contributed by atoms with E-state index in [9.17, 15) is 5.11 Å². The fourth-order valence-electron chi connectivity index (χ4n) is 3.14. The van der Waals surface area contributed by atoms with Gasteiger partial charge in [-0.3, -0.25) is 0 Å². The van der Waals surface area contributed by atoms with Gasteiger partial charge < -0.3 is 20.3 Å². The minimum Gasteiger partial charge on any atom is -0.508 e. The third-order valence-corrected chi connectivity index (χ3v) is 4.18. The molecule has 1 fully saturated rings. The van der Waals surface area contributed by atoms with Crippen LogP contribution in [-0.4, -0.2) is 24.9 Å². The Morgan fingerprint density at radius 3 is 2.33 bits per heavy atom. The minimum absolute atomic E-state index is 0.0834. The van der Waals surface area contributed by atoms with E-state index in [1.807, 2.05) is 6.07 Å². The van der Waals surface area contributed by atoms with Gasteiger partial charge in [-0.15, -0.1) is 0 Å². The predicted octanol–water partition coefficient (Wildman–Crippen LogP) is 1.93. The molecule has 0 amide bonds. The lowest BCUT2D eigenvalue weighted by Crippen LogP contribution is -2.32. The molecule has 18 heavy (non-hydrogen) atoms. The summed E-state index contributed by atoms with van der Waals surface area (Å²) in [4.78, 5) is 0. The summed E-state index contributed by atoms with van der Waals surface area (Å²) in [7, 11) is 0. The van der Waals surface area contributed by atoms with Crippen molar-refractivity contribution in [3.63, 3.8) is 0 Å². The molecule has 0 bridgehead atoms. The van der Waals surface area contributed by atoms with Crippen molar-refractivity contribution in [3.05, 3.63) is 17.7 Å². The zero-order valence-corrected chi connectivity index (χ0v) is 10.4. The van der Waals surface area contributed by atoms with Crippen LogP contribution in [0.15, 0.2) is 12.1 Å². The number of phenolic OH excluding ortho intramolecular Hbond substituents is 1. The molecule has 1 saturated carbocycles. The number of rotatable bonds is 2. The van der Waals surface area contributed by atoms with Crippen molar-refractivity contribution in [2.75, 3.05) is 19.8 Å². The van der Waals surface area contributed by atoms with Crippen molar-refractivity contribution >= 4 is 0 Å². The largest absolute Gasteiger partial charge is 0.508 e. The Labute approximate surface area is 107 Å². The molecule has 0 radical (unpaired) electrons. The molecule has 98 valence electrons. The van der Waals surface area contributed by atoms with E-state index in [0.29, 0.717) is 25.5 Å². The SMILES string of the molecule is NCC1(c2cc3c(cc2O)OCCO3)CCCC1. The Bertz CT molecular complexity index is 453. The number of hydrogen-bond donors (Lipinski definition) is 2. The average molecular weight is 249 g/mol. The second-order valence-electron chi connectivity index (χ2n) is 5.20. The molecule has 1 heterocycles. The molecule has 1 aliphatic heterocycles. The number of nitrogens with two attached hydrogens (primary N) is 1. The van der Waals surface area contributed by atoms with Crippen LogP contribution in [0.3, 0.4) is 0 Å². The van der Waals surface area contributed by atoms with Gasteiger partial charge in [-0.25, -0.2) is 0 Å². The molecular formula is C14H19NO3. The quantitative estimate of drug-likeness (QED) is 0.840. The maximum Gasteiger partial charge on any atom is 0.165 e. The highest BCUT2D eigenvalue weighted by molar-refractivity contribution is 5.53. The van der Waals surface area contributed by atoms with Gasteiger partial charge in [0.2, 0.25) is 0 Å². The van der Waals surface area contributed by atoms with E-state index in [4.69, 9.17) is 15.2 Å². The molecule has 0 atom stereocenters. The van der Waals surface area contributed by atoms with Crippen LogP contribution >= 0.6 is 0 Å². The molecule has 1 aromatic rings. The van der Waals surface area contributed by atoms with Crippen LogP contribution < -0.4 is 15.2 Å². The summed E-state index contributed by atoms with van der Waals surface area (Å²) in [5, 5.41) is 10.2. The molecule has 0 spiro atoms. The Morgan fingerprint density at radius 2 is 1.72 bits per heavy atom. The molecular weight excluding hydrogens is 230 g/mol. The van der Waals surface area contributed by atoms with E-state index in [1.54, 1.807) is 6.07 Å². The first-order chi connectivity index (χ1) is 8.75. The molecule has 0 saturated heterocycles. The monoisotopic (exact) mass is 249 g/mol. The second-order valence-corrected chi connectivity index (χ2v) is 5.20. The molecule has 1 aliphatic carbocycles. The summed E-state index contributed by atoms with van der Waals surface area (Å²) in [6.07, 6.45) is 4.42. The highest BCUT2D eigenvalue weighted by Gasteiger charge is 2.37. The van der Waals surface area contributed by atoms with Gasteiger partial charge in [-0.05, 0) is 18.9 Å². The predicted molar refractivity (Wildman–Crippen MR) is 68.3 cm³/mol. The van der Waals surface area contributed by atoms with Gasteiger partial charge in [0.05, 0.1) is 0 Å². The van der Waals surface area contributed by atoms with Crippen molar-refractivity contribution in [1.82, 2.24) is 0 Å². The maximum absolute atomic E-state index is 10.2. The van der Waals surface area contributed by atoms with Crippen LogP contribution in [0.1, 0.15) is 31.2 Å². The van der Waals surface area contributed by atoms with Crippen LogP contribution in [0.4, 0.5) is 0 Å². The molecule has 1 aromatic carbocycles. The summed E-state index contributed by atoms with van der Waals surface area (Å²) >= 11 is 0. The fourth-order valence-corrected chi connectivity index (χ4v) is 3.14. The first-order valence-corrected chi connectivity index (χ1v) is 6.58. The highest BCUT2D eigenvalue weighted by Crippen LogP contribution is 2.47. The summed E-state index contributed by atoms with van der Waals surface area (Å²) in [6.45, 7) is 1.67. The summed E-state index contributed by atoms with van der Waals surface area (Å²) in [6, 6.07) is 3.58. The van der Waals surface area contributed by atoms with E-state index in [2.05, 4.69) is 0 Å². The van der Waals surface area contributed by atoms with Crippen LogP contribution in [0.2, 0.25) is 0 Å². The van der Waals surface area contributed by atoms with E-state index in [-0.39, 0.29) is 11.2 Å². The average Bonchev–Trinajstić information content (AvgIpc) is 2.88. The smallest absolute Gasteiger partial charge is 0.165 e. The Hall–Kier alpha value is -1.42. The lowest BCUT2D eigenvalue weighted by Gasteiger charge is -2.30. The lowest BCUT2D eigenvalue weighted by molar-refractivity contribution is 0.170. The van der Waals surface area contributed by atoms with Gasteiger partial charge >= 0.3 is 0 Å². The molecule has 0 aromatic heterocycles. The number of hydrogen-bond acceptors (Lipinski definition) is 4. The Balaban J connectivity index is 2.05. The summed E-state index contributed by atoms with van der Waals surface area (Å²) in [5.41, 5.74) is 6.80. The van der Waals surface area contributed by atoms with Crippen LogP contribution in [-0.2, 0) is 5.41 Å². The van der Waals surface area contributed by atoms with Gasteiger partial charge in [0.1, 0.15) is 19.0 Å². The van der Waals surface area contributed by atoms with Gasteiger partial charge in [-0.2, -0.15) is 0 Å². The molecule has 2 aliphatic rings. The lowest BCUT2D eigenvalue weighted by atomic mass is 9.78. The topological polar surface area (TPSA) is 64.7 Å². The first kappa shape index (κ1) is 11.7. The third kappa shape index (κ3) is 1.72. The van der Waals surface area contributed by atoms with Crippen molar-refractivity contribution in [3.8, 4) is 17.2 Å². The van der Waals surface area contributed by atoms with Crippen LogP contribution in [0.5, 0.6) is 17.2 Å². The molecule has 3 rings (SSSR count). The fraction of sp³-hybridized carbons (Fsp3) is 0.571. The maximum atomic E-state index is 10.2. The van der Waals surface area contributed by atoms with Crippen LogP contribution in [0.25, 0.3) is 0 Å². The number of benzene rings is 1. The molecule has 4 heteroatoms. The third-order valence-electron chi connectivity index (χ3n) is 4.18. The second kappa shape index (κ2) is 4.35. The van der Waals surface area contributed by atoms with Crippen molar-refractivity contribution in [1.29, 1.82) is 0 Å². The van der Waals surface area contributed by atoms with Gasteiger partial charge in [0.25, 0.3) is 0 Å². The number of fused-ring (bicyclic) bond motifs is 1. The standard InChI is InChI=1S/C14H19NO3/c15-9-14(3-1-2-4-14)10-7-12-13(8-11(10)16)18-6-5-17-12/h7-8,16H,1-6,9,15H2. The summed E-state index contributed by atoms with van der Waals surface area (Å²) in [5.74, 6) is 1.65. The molecule has 0 unspecified atom stereocenters. The van der Waals surface area contributed by atoms with E-state index in [0.717, 1.165) is 24.2 Å². The van der Waals surface area contributed by atoms with Gasteiger partial charge in [0, 0.05) is 23.6 Å². The zero-order chi connectivity index (χ0) is 12.6. The highest BCUT2D eigenvalue weighted by atomic mass is 16.6. The van der Waals surface area contributed by atoms with E-state index in [1.165, 1.54) is 12.8 Å². The first-order valence-electron chi connectivity index (χ1n) is 6.58. The van der Waals surface area contributed by atoms with Gasteiger partial charge in [0.15, 0.2) is 11.5 Å². The Morgan fingerprint density at radius 1 is 1.11 bits per heavy atom. The number of ether oxygens (including phenoxy) is 2. The number of aromatic hydroxyl groups is 1. The van der Waals surface area contributed by atoms with Crippen molar-refractivity contribution in [2.24, 2.45) is 5.73 Å². The Kier molecular flexibility index (Phi) is 2.82. The minimum atomic E-state index is -0.0834. The van der Waals surface area contributed by atoms with Crippen LogP contribution in [0, 0.1) is 0 Å². The van der Waals surface area contributed by atoms with Gasteiger partial charge in [-0.1, -0.05) is 12.8 Å². The van der Waals surface area contributed by atoms with Crippen molar-refractivity contribution < 1.29 is 14.6 Å². The summed E-state index contributed by atoms with van der Waals surface area (Å²) < 4.78 is 11.1. The normalized spacial score (nSPS) is 20.9. The van der Waals surface area contributed by atoms with Crippen molar-refractivity contribution in [2.45, 2.75) is 31.1 Å². The molecule has 3 N–H and O–H groups in total. The number of phenols is 1.